The van der Waals surface area contributed by atoms with Crippen LogP contribution in [0.1, 0.15) is 45.6 Å². The molecule has 24 heavy (non-hydrogen) atoms. The fourth-order valence-corrected chi connectivity index (χ4v) is 3.36. The zero-order chi connectivity index (χ0) is 17.9. The van der Waals surface area contributed by atoms with Gasteiger partial charge in [0, 0.05) is 12.8 Å². The number of carboxylic acid groups (broad SMARTS) is 1. The fourth-order valence-electron chi connectivity index (χ4n) is 3.36. The average Bonchev–Trinajstić information content (AvgIpc) is 2.45. The minimum Gasteiger partial charge on any atom is -0.481 e. The van der Waals surface area contributed by atoms with Crippen molar-refractivity contribution in [1.82, 2.24) is 0 Å². The SMILES string of the molecule is CC(C[C@@H](Cc1ccccc1)C(=O)O)=C1C(=O)CC(C)(C)CC1=O. The maximum Gasteiger partial charge on any atom is 0.307 e. The zero-order valence-corrected chi connectivity index (χ0v) is 14.5. The second-order valence-electron chi connectivity index (χ2n) is 7.45. The number of allylic oxidation sites excluding steroid dienone is 2. The Morgan fingerprint density at radius 2 is 1.67 bits per heavy atom. The quantitative estimate of drug-likeness (QED) is 0.662. The van der Waals surface area contributed by atoms with Gasteiger partial charge < -0.3 is 5.11 Å². The van der Waals surface area contributed by atoms with Crippen molar-refractivity contribution in [3.63, 3.8) is 0 Å². The molecule has 4 nitrogen and oxygen atoms in total. The molecule has 1 aromatic carbocycles. The van der Waals surface area contributed by atoms with Gasteiger partial charge in [-0.1, -0.05) is 49.8 Å². The predicted molar refractivity (Wildman–Crippen MR) is 91.6 cm³/mol. The van der Waals surface area contributed by atoms with Crippen LogP contribution in [-0.4, -0.2) is 22.6 Å². The Hall–Kier alpha value is -2.23. The molecule has 1 aliphatic carbocycles. The summed E-state index contributed by atoms with van der Waals surface area (Å²) >= 11 is 0. The van der Waals surface area contributed by atoms with Gasteiger partial charge in [0.2, 0.25) is 0 Å². The summed E-state index contributed by atoms with van der Waals surface area (Å²) in [6.45, 7) is 5.53. The molecule has 2 rings (SSSR count). The van der Waals surface area contributed by atoms with Gasteiger partial charge in [0.15, 0.2) is 11.6 Å². The van der Waals surface area contributed by atoms with E-state index in [1.165, 1.54) is 0 Å². The van der Waals surface area contributed by atoms with E-state index in [1.807, 2.05) is 44.2 Å². The Kier molecular flexibility index (Phi) is 5.37. The van der Waals surface area contributed by atoms with Crippen molar-refractivity contribution in [2.24, 2.45) is 11.3 Å². The van der Waals surface area contributed by atoms with E-state index in [0.29, 0.717) is 24.8 Å². The number of benzene rings is 1. The summed E-state index contributed by atoms with van der Waals surface area (Å²) in [4.78, 5) is 36.3. The highest BCUT2D eigenvalue weighted by atomic mass is 16.4. The number of carbonyl (C=O) groups is 3. The van der Waals surface area contributed by atoms with E-state index in [4.69, 9.17) is 0 Å². The molecule has 1 N–H and O–H groups in total. The Labute approximate surface area is 142 Å². The monoisotopic (exact) mass is 328 g/mol. The second kappa shape index (κ2) is 7.12. The molecule has 4 heteroatoms. The summed E-state index contributed by atoms with van der Waals surface area (Å²) in [5.74, 6) is -1.86. The normalized spacial score (nSPS) is 18.4. The van der Waals surface area contributed by atoms with Crippen LogP contribution in [0.5, 0.6) is 0 Å². The van der Waals surface area contributed by atoms with Crippen LogP contribution in [0.4, 0.5) is 0 Å². The van der Waals surface area contributed by atoms with Crippen molar-refractivity contribution in [3.05, 3.63) is 47.0 Å². The number of aliphatic carboxylic acids is 1. The highest BCUT2D eigenvalue weighted by Crippen LogP contribution is 2.35. The van der Waals surface area contributed by atoms with Crippen LogP contribution in [0.3, 0.4) is 0 Å². The molecule has 0 heterocycles. The van der Waals surface area contributed by atoms with E-state index in [-0.39, 0.29) is 29.0 Å². The van der Waals surface area contributed by atoms with E-state index in [1.54, 1.807) is 6.92 Å². The predicted octanol–water partition coefficient (Wildman–Crippen LogP) is 3.59. The van der Waals surface area contributed by atoms with Gasteiger partial charge >= 0.3 is 5.97 Å². The van der Waals surface area contributed by atoms with E-state index < -0.39 is 11.9 Å². The number of carbonyl (C=O) groups excluding carboxylic acids is 2. The molecule has 0 aliphatic heterocycles. The molecule has 0 amide bonds. The van der Waals surface area contributed by atoms with Crippen LogP contribution in [0.15, 0.2) is 41.5 Å². The number of ketones is 2. The molecule has 1 fully saturated rings. The number of hydrogen-bond donors (Lipinski definition) is 1. The maximum absolute atomic E-state index is 12.3. The van der Waals surface area contributed by atoms with Crippen molar-refractivity contribution in [1.29, 1.82) is 0 Å². The molecular weight excluding hydrogens is 304 g/mol. The number of rotatable bonds is 5. The maximum atomic E-state index is 12.3. The summed E-state index contributed by atoms with van der Waals surface area (Å²) in [6.07, 6.45) is 1.27. The Morgan fingerprint density at radius 1 is 1.12 bits per heavy atom. The van der Waals surface area contributed by atoms with E-state index in [2.05, 4.69) is 0 Å². The highest BCUT2D eigenvalue weighted by molar-refractivity contribution is 6.22. The number of hydrogen-bond acceptors (Lipinski definition) is 3. The van der Waals surface area contributed by atoms with E-state index >= 15 is 0 Å². The Balaban J connectivity index is 2.21. The van der Waals surface area contributed by atoms with Gasteiger partial charge in [-0.15, -0.1) is 0 Å². The molecule has 0 aromatic heterocycles. The van der Waals surface area contributed by atoms with Crippen molar-refractivity contribution >= 4 is 17.5 Å². The van der Waals surface area contributed by atoms with Crippen LogP contribution in [-0.2, 0) is 20.8 Å². The van der Waals surface area contributed by atoms with E-state index in [9.17, 15) is 19.5 Å². The van der Waals surface area contributed by atoms with Crippen LogP contribution in [0.25, 0.3) is 0 Å². The molecule has 1 aromatic rings. The Bertz CT molecular complexity index is 661. The summed E-state index contributed by atoms with van der Waals surface area (Å²) < 4.78 is 0. The molecular formula is C20H24O4. The Morgan fingerprint density at radius 3 is 2.17 bits per heavy atom. The highest BCUT2D eigenvalue weighted by Gasteiger charge is 2.37. The second-order valence-corrected chi connectivity index (χ2v) is 7.45. The molecule has 0 bridgehead atoms. The van der Waals surface area contributed by atoms with E-state index in [0.717, 1.165) is 5.56 Å². The number of Topliss-reactive ketones (excluding diaryl/α,β-unsaturated/α-hetero) is 2. The summed E-state index contributed by atoms with van der Waals surface area (Å²) in [7, 11) is 0. The third kappa shape index (κ3) is 4.40. The first-order chi connectivity index (χ1) is 11.2. The zero-order valence-electron chi connectivity index (χ0n) is 14.5. The summed E-state index contributed by atoms with van der Waals surface area (Å²) in [5, 5.41) is 9.50. The lowest BCUT2D eigenvalue weighted by atomic mass is 9.72. The van der Waals surface area contributed by atoms with Crippen molar-refractivity contribution in [2.45, 2.75) is 46.5 Å². The third-order valence-electron chi connectivity index (χ3n) is 4.49. The molecule has 0 spiro atoms. The van der Waals surface area contributed by atoms with Crippen molar-refractivity contribution < 1.29 is 19.5 Å². The average molecular weight is 328 g/mol. The van der Waals surface area contributed by atoms with Crippen LogP contribution < -0.4 is 0 Å². The molecule has 0 unspecified atom stereocenters. The smallest absolute Gasteiger partial charge is 0.307 e. The van der Waals surface area contributed by atoms with Crippen LogP contribution >= 0.6 is 0 Å². The van der Waals surface area contributed by atoms with Crippen LogP contribution in [0, 0.1) is 11.3 Å². The molecule has 1 saturated carbocycles. The van der Waals surface area contributed by atoms with Gasteiger partial charge in [-0.3, -0.25) is 14.4 Å². The first-order valence-corrected chi connectivity index (χ1v) is 8.22. The number of carboxylic acids is 1. The molecule has 1 aliphatic rings. The summed E-state index contributed by atoms with van der Waals surface area (Å²) in [6, 6.07) is 9.40. The van der Waals surface area contributed by atoms with Gasteiger partial charge in [0.05, 0.1) is 11.5 Å². The van der Waals surface area contributed by atoms with Gasteiger partial charge in [-0.25, -0.2) is 0 Å². The minimum absolute atomic E-state index is 0.155. The molecule has 0 saturated heterocycles. The lowest BCUT2D eigenvalue weighted by molar-refractivity contribution is -0.141. The summed E-state index contributed by atoms with van der Waals surface area (Å²) in [5.41, 5.74) is 1.45. The molecule has 128 valence electrons. The third-order valence-corrected chi connectivity index (χ3v) is 4.49. The fraction of sp³-hybridized carbons (Fsp3) is 0.450. The van der Waals surface area contributed by atoms with Crippen LogP contribution in [0.2, 0.25) is 0 Å². The van der Waals surface area contributed by atoms with Gasteiger partial charge in [0.25, 0.3) is 0 Å². The lowest BCUT2D eigenvalue weighted by Crippen LogP contribution is -2.32. The molecule has 1 atom stereocenters. The topological polar surface area (TPSA) is 71.4 Å². The van der Waals surface area contributed by atoms with Crippen molar-refractivity contribution in [3.8, 4) is 0 Å². The first kappa shape index (κ1) is 18.1. The standard InChI is InChI=1S/C20H24O4/c1-13(18-16(21)11-20(2,3)12-17(18)22)9-15(19(23)24)10-14-7-5-4-6-8-14/h4-8,15H,9-12H2,1-3H3,(H,23,24)/t15-/m0/s1. The lowest BCUT2D eigenvalue weighted by Gasteiger charge is -2.29. The van der Waals surface area contributed by atoms with Crippen molar-refractivity contribution in [2.75, 3.05) is 0 Å². The van der Waals surface area contributed by atoms with Gasteiger partial charge in [-0.2, -0.15) is 0 Å². The molecule has 0 radical (unpaired) electrons. The van der Waals surface area contributed by atoms with Gasteiger partial charge in [0.1, 0.15) is 0 Å². The minimum atomic E-state index is -0.908. The largest absolute Gasteiger partial charge is 0.481 e. The first-order valence-electron chi connectivity index (χ1n) is 8.22. The van der Waals surface area contributed by atoms with Gasteiger partial charge in [-0.05, 0) is 30.7 Å².